The quantitative estimate of drug-likeness (QED) is 0.776. The van der Waals surface area contributed by atoms with Gasteiger partial charge in [-0.1, -0.05) is 11.8 Å². The van der Waals surface area contributed by atoms with Crippen molar-refractivity contribution in [2.24, 2.45) is 0 Å². The second-order valence-corrected chi connectivity index (χ2v) is 8.84. The van der Waals surface area contributed by atoms with E-state index < -0.39 is 5.79 Å². The van der Waals surface area contributed by atoms with Crippen LogP contribution < -0.4 is 5.32 Å². The summed E-state index contributed by atoms with van der Waals surface area (Å²) in [5.41, 5.74) is 1.31. The summed E-state index contributed by atoms with van der Waals surface area (Å²) in [5, 5.41) is 2.74. The third-order valence-corrected chi connectivity index (χ3v) is 7.30. The average molecular weight is 420 g/mol. The number of fused-ring (bicyclic) bond motifs is 1. The molecule has 3 saturated heterocycles. The van der Waals surface area contributed by atoms with E-state index in [4.69, 9.17) is 14.2 Å². The highest BCUT2D eigenvalue weighted by Gasteiger charge is 2.41. The molecule has 0 bridgehead atoms. The lowest BCUT2D eigenvalue weighted by molar-refractivity contribution is -0.181. The second-order valence-electron chi connectivity index (χ2n) is 7.72. The Kier molecular flexibility index (Phi) is 5.25. The van der Waals surface area contributed by atoms with Crippen LogP contribution in [-0.2, 0) is 19.0 Å². The van der Waals surface area contributed by atoms with E-state index in [0.29, 0.717) is 63.6 Å². The van der Waals surface area contributed by atoms with Gasteiger partial charge >= 0.3 is 0 Å². The molecule has 1 spiro atoms. The van der Waals surface area contributed by atoms with Gasteiger partial charge < -0.3 is 24.4 Å². The average Bonchev–Trinajstić information content (AvgIpc) is 3.21. The van der Waals surface area contributed by atoms with Crippen LogP contribution in [0, 0.1) is 0 Å². The summed E-state index contributed by atoms with van der Waals surface area (Å²) >= 11 is 1.54. The smallest absolute Gasteiger partial charge is 0.253 e. The lowest BCUT2D eigenvalue weighted by Crippen LogP contribution is -2.48. The Morgan fingerprint density at radius 2 is 1.79 bits per heavy atom. The Labute approximate surface area is 173 Å². The van der Waals surface area contributed by atoms with Crippen molar-refractivity contribution in [2.75, 3.05) is 57.9 Å². The van der Waals surface area contributed by atoms with Crippen molar-refractivity contribution in [3.63, 3.8) is 0 Å². The number of anilines is 1. The molecular formula is C20H25N3O5S. The number of benzene rings is 1. The highest BCUT2D eigenvalue weighted by Crippen LogP contribution is 2.38. The molecule has 8 nitrogen and oxygen atoms in total. The Balaban J connectivity index is 1.27. The molecule has 0 radical (unpaired) electrons. The molecule has 0 aromatic heterocycles. The van der Waals surface area contributed by atoms with Gasteiger partial charge in [-0.25, -0.2) is 0 Å². The third kappa shape index (κ3) is 3.77. The fourth-order valence-electron chi connectivity index (χ4n) is 4.30. The maximum absolute atomic E-state index is 13.0. The first kappa shape index (κ1) is 19.3. The van der Waals surface area contributed by atoms with E-state index in [2.05, 4.69) is 10.2 Å². The first-order valence-electron chi connectivity index (χ1n) is 10.1. The predicted molar refractivity (Wildman–Crippen MR) is 107 cm³/mol. The molecule has 3 fully saturated rings. The second kappa shape index (κ2) is 7.88. The first-order chi connectivity index (χ1) is 14.1. The van der Waals surface area contributed by atoms with Crippen LogP contribution in [0.15, 0.2) is 23.1 Å². The summed E-state index contributed by atoms with van der Waals surface area (Å²) in [6.45, 7) is 5.27. The zero-order chi connectivity index (χ0) is 19.8. The molecule has 156 valence electrons. The summed E-state index contributed by atoms with van der Waals surface area (Å²) < 4.78 is 16.9. The van der Waals surface area contributed by atoms with E-state index in [1.54, 1.807) is 17.8 Å². The van der Waals surface area contributed by atoms with Gasteiger partial charge in [0, 0.05) is 49.5 Å². The van der Waals surface area contributed by atoms with Crippen molar-refractivity contribution >= 4 is 29.3 Å². The number of nitrogens with zero attached hydrogens (tertiary/aromatic N) is 2. The molecule has 1 atom stereocenters. The fourth-order valence-corrected chi connectivity index (χ4v) is 5.45. The number of carbonyl (C=O) groups excluding carboxylic acids is 2. The Bertz CT molecular complexity index is 797. The zero-order valence-corrected chi connectivity index (χ0v) is 17.0. The predicted octanol–water partition coefficient (Wildman–Crippen LogP) is 1.37. The largest absolute Gasteiger partial charge is 0.379 e. The molecule has 5 rings (SSSR count). The van der Waals surface area contributed by atoms with E-state index in [-0.39, 0.29) is 17.2 Å². The molecule has 1 aromatic carbocycles. The van der Waals surface area contributed by atoms with Crippen molar-refractivity contribution < 1.29 is 23.8 Å². The summed E-state index contributed by atoms with van der Waals surface area (Å²) in [6, 6.07) is 5.59. The van der Waals surface area contributed by atoms with Gasteiger partial charge in [-0.2, -0.15) is 0 Å². The van der Waals surface area contributed by atoms with Gasteiger partial charge in [0.2, 0.25) is 0 Å². The number of rotatable bonds is 2. The molecule has 0 saturated carbocycles. The van der Waals surface area contributed by atoms with E-state index in [0.717, 1.165) is 18.0 Å². The Morgan fingerprint density at radius 1 is 1.07 bits per heavy atom. The van der Waals surface area contributed by atoms with E-state index in [1.807, 2.05) is 17.0 Å². The summed E-state index contributed by atoms with van der Waals surface area (Å²) in [5.74, 6) is -0.550. The van der Waals surface area contributed by atoms with Crippen LogP contribution in [-0.4, -0.2) is 85.4 Å². The van der Waals surface area contributed by atoms with Crippen LogP contribution in [0.3, 0.4) is 0 Å². The number of carbonyl (C=O) groups is 2. The van der Waals surface area contributed by atoms with Gasteiger partial charge in [0.1, 0.15) is 5.37 Å². The van der Waals surface area contributed by atoms with E-state index in [9.17, 15) is 9.59 Å². The number of morpholine rings is 1. The number of ether oxygens (including phenoxy) is 3. The number of hydrogen-bond donors (Lipinski definition) is 1. The lowest BCUT2D eigenvalue weighted by atomic mass is 10.0. The van der Waals surface area contributed by atoms with Crippen LogP contribution in [0.4, 0.5) is 5.69 Å². The summed E-state index contributed by atoms with van der Waals surface area (Å²) in [4.78, 5) is 30.6. The number of hydrogen-bond acceptors (Lipinski definition) is 7. The van der Waals surface area contributed by atoms with Gasteiger partial charge in [-0.3, -0.25) is 14.5 Å². The number of nitrogens with one attached hydrogen (secondary N) is 1. The van der Waals surface area contributed by atoms with Gasteiger partial charge in [-0.05, 0) is 18.2 Å². The number of likely N-dealkylation sites (tertiary alicyclic amines) is 1. The van der Waals surface area contributed by atoms with Crippen molar-refractivity contribution in [1.82, 2.24) is 9.80 Å². The summed E-state index contributed by atoms with van der Waals surface area (Å²) in [7, 11) is 0. The third-order valence-electron chi connectivity index (χ3n) is 5.95. The zero-order valence-electron chi connectivity index (χ0n) is 16.2. The lowest BCUT2D eigenvalue weighted by Gasteiger charge is -2.38. The maximum atomic E-state index is 13.0. The molecule has 29 heavy (non-hydrogen) atoms. The van der Waals surface area contributed by atoms with Gasteiger partial charge in [-0.15, -0.1) is 0 Å². The molecule has 4 aliphatic rings. The molecular weight excluding hydrogens is 394 g/mol. The minimum atomic E-state index is -0.494. The Morgan fingerprint density at radius 3 is 2.52 bits per heavy atom. The minimum Gasteiger partial charge on any atom is -0.379 e. The summed E-state index contributed by atoms with van der Waals surface area (Å²) in [6.07, 6.45) is 1.38. The first-order valence-corrected chi connectivity index (χ1v) is 11.0. The molecule has 2 amide bonds. The molecule has 4 aliphatic heterocycles. The van der Waals surface area contributed by atoms with Gasteiger partial charge in [0.15, 0.2) is 5.79 Å². The number of amides is 2. The molecule has 1 unspecified atom stereocenters. The van der Waals surface area contributed by atoms with Crippen LogP contribution >= 0.6 is 11.8 Å². The van der Waals surface area contributed by atoms with E-state index >= 15 is 0 Å². The van der Waals surface area contributed by atoms with Crippen LogP contribution in [0.5, 0.6) is 0 Å². The molecule has 0 aliphatic carbocycles. The van der Waals surface area contributed by atoms with Crippen molar-refractivity contribution in [3.05, 3.63) is 23.8 Å². The molecule has 9 heteroatoms. The highest BCUT2D eigenvalue weighted by molar-refractivity contribution is 8.00. The van der Waals surface area contributed by atoms with Crippen LogP contribution in [0.2, 0.25) is 0 Å². The van der Waals surface area contributed by atoms with Crippen LogP contribution in [0.1, 0.15) is 23.2 Å². The van der Waals surface area contributed by atoms with Gasteiger partial charge in [0.05, 0.1) is 32.1 Å². The monoisotopic (exact) mass is 419 g/mol. The highest BCUT2D eigenvalue weighted by atomic mass is 32.2. The molecule has 1 aromatic rings. The SMILES string of the molecule is O=C1Nc2cc(C(=O)N3CCC4(CC3)OCCO4)ccc2SC1N1CCOCC1. The molecule has 4 heterocycles. The molecule has 1 N–H and O–H groups in total. The fraction of sp³-hybridized carbons (Fsp3) is 0.600. The van der Waals surface area contributed by atoms with Crippen molar-refractivity contribution in [1.29, 1.82) is 0 Å². The van der Waals surface area contributed by atoms with E-state index in [1.165, 1.54) is 0 Å². The topological polar surface area (TPSA) is 80.3 Å². The standard InChI is InChI=1S/C20H25N3O5S/c24-17-19(23-7-9-26-10-8-23)29-16-2-1-14(13-15(16)21-17)18(25)22-5-3-20(4-6-22)27-11-12-28-20/h1-2,13,19H,3-12H2,(H,21,24). The maximum Gasteiger partial charge on any atom is 0.253 e. The normalized spacial score (nSPS) is 27.0. The van der Waals surface area contributed by atoms with Crippen LogP contribution in [0.25, 0.3) is 0 Å². The van der Waals surface area contributed by atoms with Crippen molar-refractivity contribution in [2.45, 2.75) is 28.9 Å². The minimum absolute atomic E-state index is 0.0183. The number of piperidine rings is 1. The Hall–Kier alpha value is -1.65. The van der Waals surface area contributed by atoms with Gasteiger partial charge in [0.25, 0.3) is 11.8 Å². The number of thioether (sulfide) groups is 1. The van der Waals surface area contributed by atoms with Crippen molar-refractivity contribution in [3.8, 4) is 0 Å².